The Morgan fingerprint density at radius 2 is 2.11 bits per heavy atom. The van der Waals surface area contributed by atoms with Crippen molar-refractivity contribution in [1.82, 2.24) is 10.2 Å². The van der Waals surface area contributed by atoms with Crippen molar-refractivity contribution in [3.8, 4) is 0 Å². The maximum atomic E-state index is 3.56. The van der Waals surface area contributed by atoms with Crippen molar-refractivity contribution in [2.24, 2.45) is 5.92 Å². The Balaban J connectivity index is 1.61. The normalized spacial score (nSPS) is 18.4. The first-order valence-electron chi connectivity index (χ1n) is 6.48. The van der Waals surface area contributed by atoms with Crippen molar-refractivity contribution in [3.05, 3.63) is 19.2 Å². The van der Waals surface area contributed by atoms with Gasteiger partial charge in [-0.05, 0) is 89.8 Å². The molecule has 1 aromatic rings. The number of piperidine rings is 1. The summed E-state index contributed by atoms with van der Waals surface area (Å²) < 4.78 is 2.36. The summed E-state index contributed by atoms with van der Waals surface area (Å²) in [5, 5.41) is 3.56. The zero-order chi connectivity index (χ0) is 13.0. The van der Waals surface area contributed by atoms with Crippen molar-refractivity contribution >= 4 is 43.2 Å². The van der Waals surface area contributed by atoms with E-state index >= 15 is 0 Å². The lowest BCUT2D eigenvalue weighted by atomic mass is 9.94. The van der Waals surface area contributed by atoms with Gasteiger partial charge in [-0.1, -0.05) is 0 Å². The predicted molar refractivity (Wildman–Crippen MR) is 86.3 cm³/mol. The average molecular weight is 396 g/mol. The van der Waals surface area contributed by atoms with E-state index in [4.69, 9.17) is 0 Å². The second kappa shape index (κ2) is 7.39. The number of nitrogens with one attached hydrogen (secondary N) is 1. The summed E-state index contributed by atoms with van der Waals surface area (Å²) >= 11 is 8.86. The quantitative estimate of drug-likeness (QED) is 0.755. The fraction of sp³-hybridized carbons (Fsp3) is 0.692. The van der Waals surface area contributed by atoms with Crippen LogP contribution < -0.4 is 5.32 Å². The summed E-state index contributed by atoms with van der Waals surface area (Å²) in [7, 11) is 2.22. The highest BCUT2D eigenvalue weighted by atomic mass is 79.9. The molecule has 0 radical (unpaired) electrons. The number of halogens is 2. The lowest BCUT2D eigenvalue weighted by Gasteiger charge is -2.28. The van der Waals surface area contributed by atoms with E-state index in [2.05, 4.69) is 55.2 Å². The van der Waals surface area contributed by atoms with Crippen LogP contribution >= 0.6 is 43.2 Å². The van der Waals surface area contributed by atoms with E-state index in [9.17, 15) is 0 Å². The molecule has 1 N–H and O–H groups in total. The molecule has 1 aliphatic rings. The van der Waals surface area contributed by atoms with Gasteiger partial charge < -0.3 is 10.2 Å². The molecular formula is C13H20Br2N2S. The molecular weight excluding hydrogens is 376 g/mol. The number of thiophene rings is 1. The summed E-state index contributed by atoms with van der Waals surface area (Å²) in [5.74, 6) is 0.926. The molecule has 0 aromatic carbocycles. The molecule has 0 bridgehead atoms. The monoisotopic (exact) mass is 394 g/mol. The first kappa shape index (κ1) is 15.0. The number of hydrogen-bond donors (Lipinski definition) is 1. The van der Waals surface area contributed by atoms with Gasteiger partial charge in [0.25, 0.3) is 0 Å². The van der Waals surface area contributed by atoms with Gasteiger partial charge in [-0.2, -0.15) is 0 Å². The van der Waals surface area contributed by atoms with Crippen molar-refractivity contribution in [3.63, 3.8) is 0 Å². The summed E-state index contributed by atoms with van der Waals surface area (Å²) in [6.45, 7) is 4.67. The van der Waals surface area contributed by atoms with E-state index in [1.165, 1.54) is 45.5 Å². The molecule has 0 unspecified atom stereocenters. The summed E-state index contributed by atoms with van der Waals surface area (Å²) in [4.78, 5) is 3.82. The Kier molecular flexibility index (Phi) is 6.15. The molecule has 1 fully saturated rings. The molecule has 5 heteroatoms. The maximum Gasteiger partial charge on any atom is 0.0843 e. The molecule has 2 nitrogen and oxygen atoms in total. The van der Waals surface area contributed by atoms with Crippen LogP contribution in [0.15, 0.2) is 14.3 Å². The Labute approximate surface area is 130 Å². The van der Waals surface area contributed by atoms with Crippen molar-refractivity contribution in [2.75, 3.05) is 26.7 Å². The molecule has 2 rings (SSSR count). The number of rotatable bonds is 5. The van der Waals surface area contributed by atoms with Crippen molar-refractivity contribution in [1.29, 1.82) is 0 Å². The molecule has 18 heavy (non-hydrogen) atoms. The van der Waals surface area contributed by atoms with Crippen LogP contribution in [0.5, 0.6) is 0 Å². The zero-order valence-electron chi connectivity index (χ0n) is 10.7. The summed E-state index contributed by atoms with van der Waals surface area (Å²) in [6, 6.07) is 2.19. The number of nitrogens with zero attached hydrogens (tertiary/aromatic N) is 1. The molecule has 1 aromatic heterocycles. The standard InChI is InChI=1S/C13H20Br2N2S/c1-17-6-3-10(4-7-17)2-5-16-9-11-8-12(14)13(15)18-11/h8,10,16H,2-7,9H2,1H3. The van der Waals surface area contributed by atoms with Gasteiger partial charge in [0, 0.05) is 15.9 Å². The van der Waals surface area contributed by atoms with Gasteiger partial charge in [0.05, 0.1) is 3.79 Å². The van der Waals surface area contributed by atoms with E-state index in [-0.39, 0.29) is 0 Å². The fourth-order valence-electron chi connectivity index (χ4n) is 2.35. The highest BCUT2D eigenvalue weighted by Gasteiger charge is 2.15. The summed E-state index contributed by atoms with van der Waals surface area (Å²) in [5.41, 5.74) is 0. The van der Waals surface area contributed by atoms with Crippen LogP contribution in [0.1, 0.15) is 24.1 Å². The van der Waals surface area contributed by atoms with Crippen molar-refractivity contribution < 1.29 is 0 Å². The largest absolute Gasteiger partial charge is 0.312 e. The van der Waals surface area contributed by atoms with Gasteiger partial charge in [-0.25, -0.2) is 0 Å². The minimum atomic E-state index is 0.926. The van der Waals surface area contributed by atoms with Crippen LogP contribution in [0.2, 0.25) is 0 Å². The average Bonchev–Trinajstić information content (AvgIpc) is 2.67. The highest BCUT2D eigenvalue weighted by Crippen LogP contribution is 2.32. The number of hydrogen-bond acceptors (Lipinski definition) is 3. The van der Waals surface area contributed by atoms with Crippen LogP contribution in [0.25, 0.3) is 0 Å². The van der Waals surface area contributed by atoms with Crippen molar-refractivity contribution in [2.45, 2.75) is 25.8 Å². The number of likely N-dealkylation sites (tertiary alicyclic amines) is 1. The lowest BCUT2D eigenvalue weighted by Crippen LogP contribution is -2.31. The SMILES string of the molecule is CN1CCC(CCNCc2cc(Br)c(Br)s2)CC1. The Morgan fingerprint density at radius 3 is 2.72 bits per heavy atom. The Morgan fingerprint density at radius 1 is 1.39 bits per heavy atom. The van der Waals surface area contributed by atoms with Crippen LogP contribution in [0.4, 0.5) is 0 Å². The maximum absolute atomic E-state index is 3.56. The second-order valence-corrected chi connectivity index (χ2v) is 8.36. The first-order chi connectivity index (χ1) is 8.65. The fourth-order valence-corrected chi connectivity index (χ4v) is 4.49. The third-order valence-electron chi connectivity index (χ3n) is 3.56. The third-order valence-corrected chi connectivity index (χ3v) is 6.82. The smallest absolute Gasteiger partial charge is 0.0843 e. The molecule has 1 saturated heterocycles. The van der Waals surface area contributed by atoms with Gasteiger partial charge in [0.15, 0.2) is 0 Å². The zero-order valence-corrected chi connectivity index (χ0v) is 14.7. The van der Waals surface area contributed by atoms with Crippen LogP contribution in [0, 0.1) is 5.92 Å². The van der Waals surface area contributed by atoms with Crippen LogP contribution in [-0.4, -0.2) is 31.6 Å². The third kappa shape index (κ3) is 4.60. The van der Waals surface area contributed by atoms with E-state index < -0.39 is 0 Å². The minimum absolute atomic E-state index is 0.926. The van der Waals surface area contributed by atoms with Gasteiger partial charge in [-0.15, -0.1) is 11.3 Å². The van der Waals surface area contributed by atoms with E-state index in [1.54, 1.807) is 11.3 Å². The van der Waals surface area contributed by atoms with Gasteiger partial charge in [-0.3, -0.25) is 0 Å². The van der Waals surface area contributed by atoms with Crippen LogP contribution in [0.3, 0.4) is 0 Å². The lowest BCUT2D eigenvalue weighted by molar-refractivity contribution is 0.211. The molecule has 0 amide bonds. The molecule has 2 heterocycles. The molecule has 1 aliphatic heterocycles. The van der Waals surface area contributed by atoms with Gasteiger partial charge in [0.2, 0.25) is 0 Å². The van der Waals surface area contributed by atoms with Gasteiger partial charge >= 0.3 is 0 Å². The molecule has 102 valence electrons. The minimum Gasteiger partial charge on any atom is -0.312 e. The Bertz CT molecular complexity index is 354. The molecule has 0 saturated carbocycles. The van der Waals surface area contributed by atoms with Gasteiger partial charge in [0.1, 0.15) is 0 Å². The van der Waals surface area contributed by atoms with Crippen LogP contribution in [-0.2, 0) is 6.54 Å². The molecule has 0 atom stereocenters. The van der Waals surface area contributed by atoms with E-state index in [1.807, 2.05) is 0 Å². The molecule has 0 spiro atoms. The Hall–Kier alpha value is 0.580. The van der Waals surface area contributed by atoms with E-state index in [0.29, 0.717) is 0 Å². The molecule has 0 aliphatic carbocycles. The highest BCUT2D eigenvalue weighted by molar-refractivity contribution is 9.13. The first-order valence-corrected chi connectivity index (χ1v) is 8.88. The van der Waals surface area contributed by atoms with E-state index in [0.717, 1.165) is 19.0 Å². The topological polar surface area (TPSA) is 15.3 Å². The summed E-state index contributed by atoms with van der Waals surface area (Å²) in [6.07, 6.45) is 4.06. The second-order valence-electron chi connectivity index (χ2n) is 5.05. The predicted octanol–water partition coefficient (Wildman–Crippen LogP) is 4.09.